The van der Waals surface area contributed by atoms with E-state index >= 15 is 0 Å². The Labute approximate surface area is 165 Å². The smallest absolute Gasteiger partial charge is 0.251 e. The number of aliphatic hydroxyl groups is 1. The standard InChI is InChI=1S/C22H28N2O4/c1-14(2)20(24-21(26)17-7-5-15(3)6-8-17)22(27)23-13-19(25)16-9-11-18(28-4)12-10-16/h5-12,14,19-20,25H,13H2,1-4H3,(H,23,27)(H,24,26). The topological polar surface area (TPSA) is 87.7 Å². The minimum atomic E-state index is -0.851. The van der Waals surface area contributed by atoms with Crippen LogP contribution < -0.4 is 15.4 Å². The highest BCUT2D eigenvalue weighted by Crippen LogP contribution is 2.17. The number of hydrogen-bond acceptors (Lipinski definition) is 4. The fraction of sp³-hybridized carbons (Fsp3) is 0.364. The Morgan fingerprint density at radius 2 is 1.64 bits per heavy atom. The average molecular weight is 384 g/mol. The third kappa shape index (κ3) is 5.82. The summed E-state index contributed by atoms with van der Waals surface area (Å²) in [5.74, 6) is -0.0428. The van der Waals surface area contributed by atoms with Gasteiger partial charge in [-0.1, -0.05) is 43.7 Å². The molecule has 2 rings (SSSR count). The van der Waals surface area contributed by atoms with Crippen LogP contribution in [0.5, 0.6) is 5.75 Å². The van der Waals surface area contributed by atoms with Gasteiger partial charge >= 0.3 is 0 Å². The van der Waals surface area contributed by atoms with E-state index in [1.807, 2.05) is 32.9 Å². The Balaban J connectivity index is 1.96. The summed E-state index contributed by atoms with van der Waals surface area (Å²) in [7, 11) is 1.57. The molecule has 2 amide bonds. The maximum atomic E-state index is 12.6. The molecule has 2 aromatic rings. The van der Waals surface area contributed by atoms with Gasteiger partial charge in [0.25, 0.3) is 5.91 Å². The summed E-state index contributed by atoms with van der Waals surface area (Å²) in [5.41, 5.74) is 2.23. The van der Waals surface area contributed by atoms with Crippen molar-refractivity contribution in [2.24, 2.45) is 5.92 Å². The zero-order valence-corrected chi connectivity index (χ0v) is 16.7. The molecule has 0 radical (unpaired) electrons. The quantitative estimate of drug-likeness (QED) is 0.653. The number of ether oxygens (including phenoxy) is 1. The second kappa shape index (κ2) is 9.90. The Hall–Kier alpha value is -2.86. The first-order valence-corrected chi connectivity index (χ1v) is 9.29. The van der Waals surface area contributed by atoms with Gasteiger partial charge in [0.1, 0.15) is 11.8 Å². The zero-order chi connectivity index (χ0) is 20.7. The number of benzene rings is 2. The van der Waals surface area contributed by atoms with Crippen molar-refractivity contribution in [2.45, 2.75) is 32.9 Å². The van der Waals surface area contributed by atoms with E-state index < -0.39 is 12.1 Å². The fourth-order valence-electron chi connectivity index (χ4n) is 2.72. The summed E-state index contributed by atoms with van der Waals surface area (Å²) in [4.78, 5) is 25.0. The number of carbonyl (C=O) groups excluding carboxylic acids is 2. The van der Waals surface area contributed by atoms with Crippen molar-refractivity contribution >= 4 is 11.8 Å². The van der Waals surface area contributed by atoms with Gasteiger partial charge in [-0.15, -0.1) is 0 Å². The number of aliphatic hydroxyl groups excluding tert-OH is 1. The molecule has 2 aromatic carbocycles. The largest absolute Gasteiger partial charge is 0.497 e. The minimum Gasteiger partial charge on any atom is -0.497 e. The van der Waals surface area contributed by atoms with Crippen LogP contribution in [0.15, 0.2) is 48.5 Å². The van der Waals surface area contributed by atoms with Crippen molar-refractivity contribution in [1.29, 1.82) is 0 Å². The van der Waals surface area contributed by atoms with Gasteiger partial charge in [-0.25, -0.2) is 0 Å². The van der Waals surface area contributed by atoms with E-state index in [9.17, 15) is 14.7 Å². The second-order valence-corrected chi connectivity index (χ2v) is 7.10. The number of rotatable bonds is 8. The van der Waals surface area contributed by atoms with Gasteiger partial charge in [0.05, 0.1) is 13.2 Å². The normalized spacial score (nSPS) is 12.9. The Morgan fingerprint density at radius 1 is 1.04 bits per heavy atom. The molecule has 0 bridgehead atoms. The molecule has 28 heavy (non-hydrogen) atoms. The molecule has 0 aliphatic carbocycles. The monoisotopic (exact) mass is 384 g/mol. The molecule has 0 aliphatic heterocycles. The van der Waals surface area contributed by atoms with Crippen LogP contribution in [-0.4, -0.2) is 36.6 Å². The second-order valence-electron chi connectivity index (χ2n) is 7.10. The Morgan fingerprint density at radius 3 is 2.18 bits per heavy atom. The molecule has 2 atom stereocenters. The first-order valence-electron chi connectivity index (χ1n) is 9.29. The summed E-state index contributed by atoms with van der Waals surface area (Å²) >= 11 is 0. The number of carbonyl (C=O) groups is 2. The lowest BCUT2D eigenvalue weighted by atomic mass is 10.0. The van der Waals surface area contributed by atoms with E-state index in [4.69, 9.17) is 4.74 Å². The van der Waals surface area contributed by atoms with Crippen LogP contribution in [0.25, 0.3) is 0 Å². The van der Waals surface area contributed by atoms with E-state index in [0.29, 0.717) is 16.9 Å². The molecule has 6 heteroatoms. The number of hydrogen-bond donors (Lipinski definition) is 3. The molecular formula is C22H28N2O4. The summed E-state index contributed by atoms with van der Waals surface area (Å²) in [6.07, 6.45) is -0.851. The Kier molecular flexibility index (Phi) is 7.58. The average Bonchev–Trinajstić information content (AvgIpc) is 2.70. The van der Waals surface area contributed by atoms with Gasteiger partial charge < -0.3 is 20.5 Å². The third-order valence-corrected chi connectivity index (χ3v) is 4.52. The summed E-state index contributed by atoms with van der Waals surface area (Å²) < 4.78 is 5.09. The van der Waals surface area contributed by atoms with E-state index in [1.165, 1.54) is 0 Å². The molecule has 0 saturated carbocycles. The van der Waals surface area contributed by atoms with Gasteiger partial charge in [-0.3, -0.25) is 9.59 Å². The molecule has 2 unspecified atom stereocenters. The Bertz CT molecular complexity index is 785. The van der Waals surface area contributed by atoms with Gasteiger partial charge in [-0.2, -0.15) is 0 Å². The molecule has 0 aliphatic rings. The molecule has 0 spiro atoms. The highest BCUT2D eigenvalue weighted by atomic mass is 16.5. The number of amides is 2. The molecule has 0 fully saturated rings. The van der Waals surface area contributed by atoms with Crippen molar-refractivity contribution < 1.29 is 19.4 Å². The van der Waals surface area contributed by atoms with Crippen LogP contribution in [0.4, 0.5) is 0 Å². The SMILES string of the molecule is COc1ccc(C(O)CNC(=O)C(NC(=O)c2ccc(C)cc2)C(C)C)cc1. The van der Waals surface area contributed by atoms with Gasteiger partial charge in [0.2, 0.25) is 5.91 Å². The molecule has 0 saturated heterocycles. The maximum absolute atomic E-state index is 12.6. The van der Waals surface area contributed by atoms with E-state index in [1.54, 1.807) is 43.5 Å². The van der Waals surface area contributed by atoms with Crippen molar-refractivity contribution in [1.82, 2.24) is 10.6 Å². The molecule has 0 aromatic heterocycles. The summed E-state index contributed by atoms with van der Waals surface area (Å²) in [6, 6.07) is 13.5. The lowest BCUT2D eigenvalue weighted by Gasteiger charge is -2.23. The number of methoxy groups -OCH3 is 1. The van der Waals surface area contributed by atoms with Gasteiger partial charge in [0, 0.05) is 12.1 Å². The lowest BCUT2D eigenvalue weighted by molar-refractivity contribution is -0.124. The van der Waals surface area contributed by atoms with Crippen LogP contribution >= 0.6 is 0 Å². The van der Waals surface area contributed by atoms with E-state index in [0.717, 1.165) is 5.56 Å². The van der Waals surface area contributed by atoms with Crippen molar-refractivity contribution in [3.05, 3.63) is 65.2 Å². The van der Waals surface area contributed by atoms with Crippen molar-refractivity contribution in [2.75, 3.05) is 13.7 Å². The van der Waals surface area contributed by atoms with Gasteiger partial charge in [-0.05, 0) is 42.7 Å². The number of aryl methyl sites for hydroxylation is 1. The molecule has 3 N–H and O–H groups in total. The number of nitrogens with one attached hydrogen (secondary N) is 2. The zero-order valence-electron chi connectivity index (χ0n) is 16.7. The predicted octanol–water partition coefficient (Wildman–Crippen LogP) is 2.61. The molecule has 150 valence electrons. The van der Waals surface area contributed by atoms with Crippen LogP contribution in [0.1, 0.15) is 41.4 Å². The molecule has 0 heterocycles. The lowest BCUT2D eigenvalue weighted by Crippen LogP contribution is -2.50. The van der Waals surface area contributed by atoms with Crippen molar-refractivity contribution in [3.8, 4) is 5.75 Å². The van der Waals surface area contributed by atoms with Crippen LogP contribution in [0.2, 0.25) is 0 Å². The predicted molar refractivity (Wildman–Crippen MR) is 108 cm³/mol. The first kappa shape index (κ1) is 21.4. The molecule has 6 nitrogen and oxygen atoms in total. The van der Waals surface area contributed by atoms with Crippen LogP contribution in [0, 0.1) is 12.8 Å². The first-order chi connectivity index (χ1) is 13.3. The minimum absolute atomic E-state index is 0.0504. The van der Waals surface area contributed by atoms with Gasteiger partial charge in [0.15, 0.2) is 0 Å². The van der Waals surface area contributed by atoms with Crippen molar-refractivity contribution in [3.63, 3.8) is 0 Å². The van der Waals surface area contributed by atoms with Crippen LogP contribution in [-0.2, 0) is 4.79 Å². The summed E-state index contributed by atoms with van der Waals surface area (Å²) in [6.45, 7) is 5.72. The highest BCUT2D eigenvalue weighted by Gasteiger charge is 2.25. The van der Waals surface area contributed by atoms with E-state index in [2.05, 4.69) is 10.6 Å². The van der Waals surface area contributed by atoms with E-state index in [-0.39, 0.29) is 24.3 Å². The fourth-order valence-corrected chi connectivity index (χ4v) is 2.72. The molecular weight excluding hydrogens is 356 g/mol. The maximum Gasteiger partial charge on any atom is 0.251 e. The third-order valence-electron chi connectivity index (χ3n) is 4.52. The summed E-state index contributed by atoms with van der Waals surface area (Å²) in [5, 5.41) is 15.8. The highest BCUT2D eigenvalue weighted by molar-refractivity contribution is 5.97. The van der Waals surface area contributed by atoms with Crippen LogP contribution in [0.3, 0.4) is 0 Å².